The molecule has 1 amide bonds. The summed E-state index contributed by atoms with van der Waals surface area (Å²) in [6, 6.07) is 4.36. The van der Waals surface area contributed by atoms with Crippen molar-refractivity contribution in [1.82, 2.24) is 9.21 Å². The van der Waals surface area contributed by atoms with Crippen molar-refractivity contribution in [3.05, 3.63) is 28.8 Å². The van der Waals surface area contributed by atoms with E-state index in [1.807, 2.05) is 6.92 Å². The van der Waals surface area contributed by atoms with Crippen LogP contribution in [-0.2, 0) is 14.8 Å². The molecule has 1 heterocycles. The van der Waals surface area contributed by atoms with Crippen LogP contribution in [0.1, 0.15) is 44.0 Å². The van der Waals surface area contributed by atoms with E-state index >= 15 is 0 Å². The topological polar surface area (TPSA) is 66.9 Å². The Bertz CT molecular complexity index is 744. The van der Waals surface area contributed by atoms with Crippen molar-refractivity contribution < 1.29 is 17.9 Å². The Balaban J connectivity index is 2.31. The molecule has 27 heavy (non-hydrogen) atoms. The molecule has 1 aromatic carbocycles. The molecule has 1 aliphatic rings. The van der Waals surface area contributed by atoms with E-state index in [1.54, 1.807) is 4.90 Å². The highest BCUT2D eigenvalue weighted by molar-refractivity contribution is 7.89. The molecule has 8 heteroatoms. The van der Waals surface area contributed by atoms with Crippen molar-refractivity contribution >= 4 is 27.5 Å². The highest BCUT2D eigenvalue weighted by Crippen LogP contribution is 2.25. The second kappa shape index (κ2) is 9.87. The van der Waals surface area contributed by atoms with E-state index < -0.39 is 10.0 Å². The van der Waals surface area contributed by atoms with Crippen molar-refractivity contribution in [3.63, 3.8) is 0 Å². The Labute approximate surface area is 167 Å². The van der Waals surface area contributed by atoms with Crippen molar-refractivity contribution in [3.8, 4) is 0 Å². The predicted molar refractivity (Wildman–Crippen MR) is 107 cm³/mol. The van der Waals surface area contributed by atoms with Gasteiger partial charge in [0.2, 0.25) is 10.0 Å². The van der Waals surface area contributed by atoms with Crippen molar-refractivity contribution in [2.45, 2.75) is 38.5 Å². The number of nitrogens with zero attached hydrogens (tertiary/aromatic N) is 2. The van der Waals surface area contributed by atoms with Crippen LogP contribution in [0.5, 0.6) is 0 Å². The van der Waals surface area contributed by atoms with Gasteiger partial charge in [0.15, 0.2) is 0 Å². The molecule has 0 spiro atoms. The van der Waals surface area contributed by atoms with Gasteiger partial charge in [-0.1, -0.05) is 38.3 Å². The van der Waals surface area contributed by atoms with Crippen LogP contribution in [0.25, 0.3) is 0 Å². The van der Waals surface area contributed by atoms with Gasteiger partial charge in [0.05, 0.1) is 28.7 Å². The van der Waals surface area contributed by atoms with E-state index in [0.29, 0.717) is 45.3 Å². The van der Waals surface area contributed by atoms with Gasteiger partial charge in [-0.15, -0.1) is 0 Å². The fourth-order valence-electron chi connectivity index (χ4n) is 3.15. The summed E-state index contributed by atoms with van der Waals surface area (Å²) in [5, 5.41) is 0.268. The maximum Gasteiger partial charge on any atom is 0.255 e. The molecule has 0 saturated carbocycles. The summed E-state index contributed by atoms with van der Waals surface area (Å²) < 4.78 is 32.4. The molecule has 1 saturated heterocycles. The van der Waals surface area contributed by atoms with Crippen LogP contribution in [0.15, 0.2) is 23.1 Å². The van der Waals surface area contributed by atoms with Gasteiger partial charge in [0, 0.05) is 26.2 Å². The Morgan fingerprint density at radius 1 is 1.22 bits per heavy atom. The molecule has 1 aliphatic heterocycles. The normalized spacial score (nSPS) is 15.9. The lowest BCUT2D eigenvalue weighted by molar-refractivity contribution is 0.0727. The summed E-state index contributed by atoms with van der Waals surface area (Å²) in [5.41, 5.74) is 0.235. The first-order chi connectivity index (χ1) is 12.8. The first-order valence-electron chi connectivity index (χ1n) is 9.51. The van der Waals surface area contributed by atoms with Crippen LogP contribution in [0.4, 0.5) is 0 Å². The molecule has 1 aromatic rings. The van der Waals surface area contributed by atoms with Gasteiger partial charge in [0.1, 0.15) is 0 Å². The van der Waals surface area contributed by atoms with Gasteiger partial charge in [-0.2, -0.15) is 4.31 Å². The number of morpholine rings is 1. The molecule has 2 rings (SSSR count). The van der Waals surface area contributed by atoms with E-state index in [4.69, 9.17) is 16.3 Å². The smallest absolute Gasteiger partial charge is 0.255 e. The Kier molecular flexibility index (Phi) is 8.09. The second-order valence-electron chi connectivity index (χ2n) is 6.68. The standard InChI is InChI=1S/C19H29ClN2O4S/c1-4-15(5-2)14-21(6-3)19(23)17-13-16(7-8-18(17)20)27(24,25)22-9-11-26-12-10-22/h7-8,13,15H,4-6,9-12,14H2,1-3H3. The number of carbonyl (C=O) groups excluding carboxylic acids is 1. The largest absolute Gasteiger partial charge is 0.379 e. The van der Waals surface area contributed by atoms with Gasteiger partial charge >= 0.3 is 0 Å². The lowest BCUT2D eigenvalue weighted by Gasteiger charge is -2.27. The van der Waals surface area contributed by atoms with Gasteiger partial charge in [-0.05, 0) is 31.0 Å². The molecular weight excluding hydrogens is 388 g/mol. The number of rotatable bonds is 8. The maximum absolute atomic E-state index is 13.0. The van der Waals surface area contributed by atoms with Gasteiger partial charge in [-0.3, -0.25) is 4.79 Å². The average Bonchev–Trinajstić information content (AvgIpc) is 2.69. The number of ether oxygens (including phenoxy) is 1. The predicted octanol–water partition coefficient (Wildman–Crippen LogP) is 3.26. The lowest BCUT2D eigenvalue weighted by Crippen LogP contribution is -2.40. The minimum atomic E-state index is -3.68. The number of halogens is 1. The average molecular weight is 417 g/mol. The highest BCUT2D eigenvalue weighted by Gasteiger charge is 2.28. The zero-order chi connectivity index (χ0) is 20.0. The van der Waals surface area contributed by atoms with Crippen molar-refractivity contribution in [2.75, 3.05) is 39.4 Å². The van der Waals surface area contributed by atoms with E-state index in [1.165, 1.54) is 22.5 Å². The molecule has 0 aliphatic carbocycles. The van der Waals surface area contributed by atoms with E-state index in [-0.39, 0.29) is 21.4 Å². The van der Waals surface area contributed by atoms with Gasteiger partial charge < -0.3 is 9.64 Å². The second-order valence-corrected chi connectivity index (χ2v) is 9.03. The zero-order valence-corrected chi connectivity index (χ0v) is 17.9. The Morgan fingerprint density at radius 2 is 1.85 bits per heavy atom. The third kappa shape index (κ3) is 5.22. The zero-order valence-electron chi connectivity index (χ0n) is 16.3. The molecule has 0 aromatic heterocycles. The Morgan fingerprint density at radius 3 is 2.41 bits per heavy atom. The first-order valence-corrected chi connectivity index (χ1v) is 11.3. The van der Waals surface area contributed by atoms with Gasteiger partial charge in [-0.25, -0.2) is 8.42 Å². The Hall–Kier alpha value is -1.15. The summed E-state index contributed by atoms with van der Waals surface area (Å²) >= 11 is 6.26. The van der Waals surface area contributed by atoms with E-state index in [0.717, 1.165) is 12.8 Å². The number of carbonyl (C=O) groups is 1. The molecule has 1 fully saturated rings. The molecule has 6 nitrogen and oxygen atoms in total. The molecule has 152 valence electrons. The summed E-state index contributed by atoms with van der Waals surface area (Å²) in [4.78, 5) is 14.9. The van der Waals surface area contributed by atoms with Crippen molar-refractivity contribution in [2.24, 2.45) is 5.92 Å². The molecule has 0 atom stereocenters. The summed E-state index contributed by atoms with van der Waals surface area (Å²) in [6.07, 6.45) is 1.97. The lowest BCUT2D eigenvalue weighted by atomic mass is 10.0. The first kappa shape index (κ1) is 22.1. The molecular formula is C19H29ClN2O4S. The molecule has 0 N–H and O–H groups in total. The maximum atomic E-state index is 13.0. The fraction of sp³-hybridized carbons (Fsp3) is 0.632. The number of sulfonamides is 1. The highest BCUT2D eigenvalue weighted by atomic mass is 35.5. The van der Waals surface area contributed by atoms with Crippen LogP contribution >= 0.6 is 11.6 Å². The fourth-order valence-corrected chi connectivity index (χ4v) is 4.78. The SMILES string of the molecule is CCC(CC)CN(CC)C(=O)c1cc(S(=O)(=O)N2CCOCC2)ccc1Cl. The molecule has 0 radical (unpaired) electrons. The summed E-state index contributed by atoms with van der Waals surface area (Å²) in [5.74, 6) is 0.182. The number of benzene rings is 1. The quantitative estimate of drug-likeness (QED) is 0.652. The van der Waals surface area contributed by atoms with Crippen LogP contribution in [0.3, 0.4) is 0 Å². The van der Waals surface area contributed by atoms with Crippen molar-refractivity contribution in [1.29, 1.82) is 0 Å². The summed E-state index contributed by atoms with van der Waals surface area (Å²) in [7, 11) is -3.68. The summed E-state index contributed by atoms with van der Waals surface area (Å²) in [6.45, 7) is 8.68. The number of hydrogen-bond donors (Lipinski definition) is 0. The minimum Gasteiger partial charge on any atom is -0.379 e. The molecule has 0 unspecified atom stereocenters. The van der Waals surface area contributed by atoms with E-state index in [2.05, 4.69) is 13.8 Å². The minimum absolute atomic E-state index is 0.0933. The van der Waals surface area contributed by atoms with Crippen LogP contribution in [0, 0.1) is 5.92 Å². The third-order valence-electron chi connectivity index (χ3n) is 5.08. The van der Waals surface area contributed by atoms with E-state index in [9.17, 15) is 13.2 Å². The third-order valence-corrected chi connectivity index (χ3v) is 7.30. The monoisotopic (exact) mass is 416 g/mol. The number of hydrogen-bond acceptors (Lipinski definition) is 4. The van der Waals surface area contributed by atoms with Gasteiger partial charge in [0.25, 0.3) is 5.91 Å². The van der Waals surface area contributed by atoms with Crippen LogP contribution < -0.4 is 0 Å². The van der Waals surface area contributed by atoms with Crippen LogP contribution in [0.2, 0.25) is 5.02 Å². The molecule has 0 bridgehead atoms. The number of amides is 1. The van der Waals surface area contributed by atoms with Crippen LogP contribution in [-0.4, -0.2) is 62.9 Å².